The Morgan fingerprint density at radius 1 is 1.00 bits per heavy atom. The van der Waals surface area contributed by atoms with E-state index in [1.165, 1.54) is 6.92 Å². The van der Waals surface area contributed by atoms with Gasteiger partial charge in [0, 0.05) is 18.3 Å². The molecule has 0 unspecified atom stereocenters. The fourth-order valence-corrected chi connectivity index (χ4v) is 3.01. The number of rotatable bonds is 6. The summed E-state index contributed by atoms with van der Waals surface area (Å²) in [5.41, 5.74) is 5.30. The van der Waals surface area contributed by atoms with Gasteiger partial charge in [0.05, 0.1) is 12.8 Å². The molecule has 0 saturated carbocycles. The number of methoxy groups -OCH3 is 1. The normalized spacial score (nSPS) is 11.5. The highest BCUT2D eigenvalue weighted by Gasteiger charge is 2.17. The summed E-state index contributed by atoms with van der Waals surface area (Å²) in [5.74, 6) is 0.269. The molecule has 0 heterocycles. The van der Waals surface area contributed by atoms with Crippen molar-refractivity contribution < 1.29 is 14.3 Å². The van der Waals surface area contributed by atoms with Gasteiger partial charge < -0.3 is 20.7 Å². The third-order valence-corrected chi connectivity index (χ3v) is 4.21. The van der Waals surface area contributed by atoms with Crippen LogP contribution in [-0.2, 0) is 9.59 Å². The average Bonchev–Trinajstić information content (AvgIpc) is 2.57. The van der Waals surface area contributed by atoms with Crippen molar-refractivity contribution in [1.29, 1.82) is 0 Å². The van der Waals surface area contributed by atoms with Gasteiger partial charge in [-0.1, -0.05) is 17.7 Å². The molecule has 0 aliphatic heterocycles. The van der Waals surface area contributed by atoms with Crippen LogP contribution in [0.3, 0.4) is 0 Å². The molecule has 1 atom stereocenters. The molecular formula is C21H27N3O3. The van der Waals surface area contributed by atoms with Crippen LogP contribution in [0.25, 0.3) is 0 Å². The lowest BCUT2D eigenvalue weighted by Gasteiger charge is -2.20. The van der Waals surface area contributed by atoms with E-state index in [2.05, 4.69) is 16.0 Å². The molecule has 0 saturated heterocycles. The van der Waals surface area contributed by atoms with E-state index in [-0.39, 0.29) is 11.8 Å². The molecule has 0 radical (unpaired) electrons. The zero-order valence-electron chi connectivity index (χ0n) is 16.7. The summed E-state index contributed by atoms with van der Waals surface area (Å²) in [6.07, 6.45) is 0. The van der Waals surface area contributed by atoms with E-state index in [0.717, 1.165) is 22.4 Å². The summed E-state index contributed by atoms with van der Waals surface area (Å²) in [5, 5.41) is 8.88. The first kappa shape index (κ1) is 20.3. The lowest BCUT2D eigenvalue weighted by molar-refractivity contribution is -0.116. The van der Waals surface area contributed by atoms with Crippen LogP contribution in [0.5, 0.6) is 5.75 Å². The smallest absolute Gasteiger partial charge is 0.246 e. The molecular weight excluding hydrogens is 342 g/mol. The highest BCUT2D eigenvalue weighted by atomic mass is 16.5. The van der Waals surface area contributed by atoms with E-state index in [1.54, 1.807) is 32.2 Å². The summed E-state index contributed by atoms with van der Waals surface area (Å²) in [4.78, 5) is 24.0. The van der Waals surface area contributed by atoms with Crippen LogP contribution in [0.2, 0.25) is 0 Å². The predicted molar refractivity (Wildman–Crippen MR) is 110 cm³/mol. The molecule has 2 amide bonds. The summed E-state index contributed by atoms with van der Waals surface area (Å²) in [7, 11) is 1.56. The number of ether oxygens (including phenoxy) is 1. The third-order valence-electron chi connectivity index (χ3n) is 4.21. The van der Waals surface area contributed by atoms with Crippen LogP contribution in [0, 0.1) is 20.8 Å². The van der Waals surface area contributed by atoms with Crippen molar-refractivity contribution in [3.63, 3.8) is 0 Å². The second-order valence-corrected chi connectivity index (χ2v) is 6.73. The Labute approximate surface area is 160 Å². The fraction of sp³-hybridized carbons (Fsp3) is 0.333. The van der Waals surface area contributed by atoms with E-state index >= 15 is 0 Å². The average molecular weight is 369 g/mol. The molecule has 0 spiro atoms. The quantitative estimate of drug-likeness (QED) is 0.719. The molecule has 0 fully saturated rings. The van der Waals surface area contributed by atoms with E-state index in [4.69, 9.17) is 4.74 Å². The zero-order chi connectivity index (χ0) is 20.1. The first-order valence-electron chi connectivity index (χ1n) is 8.82. The van der Waals surface area contributed by atoms with Crippen molar-refractivity contribution in [3.8, 4) is 5.75 Å². The molecule has 0 aliphatic rings. The van der Waals surface area contributed by atoms with Gasteiger partial charge in [-0.05, 0) is 57.0 Å². The number of carbonyl (C=O) groups is 2. The number of hydrogen-bond acceptors (Lipinski definition) is 4. The van der Waals surface area contributed by atoms with Crippen LogP contribution in [0.4, 0.5) is 17.1 Å². The molecule has 2 aromatic carbocycles. The number of benzene rings is 2. The molecule has 0 aliphatic carbocycles. The molecule has 3 N–H and O–H groups in total. The molecule has 2 aromatic rings. The Kier molecular flexibility index (Phi) is 6.45. The summed E-state index contributed by atoms with van der Waals surface area (Å²) >= 11 is 0. The molecule has 27 heavy (non-hydrogen) atoms. The van der Waals surface area contributed by atoms with Crippen molar-refractivity contribution in [2.24, 2.45) is 0 Å². The minimum atomic E-state index is -0.508. The van der Waals surface area contributed by atoms with Crippen molar-refractivity contribution in [2.75, 3.05) is 23.1 Å². The van der Waals surface area contributed by atoms with Gasteiger partial charge in [0.2, 0.25) is 11.8 Å². The van der Waals surface area contributed by atoms with Crippen LogP contribution in [0.1, 0.15) is 30.5 Å². The number of anilines is 3. The van der Waals surface area contributed by atoms with E-state index in [0.29, 0.717) is 17.1 Å². The third kappa shape index (κ3) is 5.23. The Balaban J connectivity index is 2.17. The van der Waals surface area contributed by atoms with Gasteiger partial charge in [0.1, 0.15) is 11.8 Å². The van der Waals surface area contributed by atoms with E-state index in [1.807, 2.05) is 32.9 Å². The molecule has 0 bridgehead atoms. The first-order chi connectivity index (χ1) is 12.7. The van der Waals surface area contributed by atoms with Gasteiger partial charge in [0.25, 0.3) is 0 Å². The molecule has 0 aromatic heterocycles. The van der Waals surface area contributed by atoms with Crippen molar-refractivity contribution in [1.82, 2.24) is 0 Å². The van der Waals surface area contributed by atoms with Crippen LogP contribution in [0.15, 0.2) is 30.3 Å². The Bertz CT molecular complexity index is 839. The maximum Gasteiger partial charge on any atom is 0.246 e. The number of hydrogen-bond donors (Lipinski definition) is 3. The van der Waals surface area contributed by atoms with Crippen LogP contribution in [-0.4, -0.2) is 25.0 Å². The summed E-state index contributed by atoms with van der Waals surface area (Å²) in [6.45, 7) is 9.21. The fourth-order valence-electron chi connectivity index (χ4n) is 3.01. The lowest BCUT2D eigenvalue weighted by Crippen LogP contribution is -2.32. The topological polar surface area (TPSA) is 79.5 Å². The molecule has 144 valence electrons. The molecule has 2 rings (SSSR count). The van der Waals surface area contributed by atoms with E-state index < -0.39 is 6.04 Å². The van der Waals surface area contributed by atoms with Crippen LogP contribution < -0.4 is 20.7 Å². The Hall–Kier alpha value is -3.02. The molecule has 6 nitrogen and oxygen atoms in total. The second-order valence-electron chi connectivity index (χ2n) is 6.73. The maximum atomic E-state index is 12.7. The van der Waals surface area contributed by atoms with Gasteiger partial charge in [0.15, 0.2) is 0 Å². The minimum Gasteiger partial charge on any atom is -0.495 e. The van der Waals surface area contributed by atoms with Gasteiger partial charge in [-0.3, -0.25) is 9.59 Å². The number of nitrogens with one attached hydrogen (secondary N) is 3. The predicted octanol–water partition coefficient (Wildman–Crippen LogP) is 4.02. The Morgan fingerprint density at radius 3 is 2.19 bits per heavy atom. The maximum absolute atomic E-state index is 12.7. The van der Waals surface area contributed by atoms with Gasteiger partial charge >= 0.3 is 0 Å². The van der Waals surface area contributed by atoms with Crippen molar-refractivity contribution in [3.05, 3.63) is 47.0 Å². The summed E-state index contributed by atoms with van der Waals surface area (Å²) < 4.78 is 5.35. The van der Waals surface area contributed by atoms with Gasteiger partial charge in [-0.15, -0.1) is 0 Å². The van der Waals surface area contributed by atoms with E-state index in [9.17, 15) is 9.59 Å². The molecule has 6 heteroatoms. The second kappa shape index (κ2) is 8.58. The SMILES string of the molecule is COc1ccc(NC(C)=O)cc1N[C@@H](C)C(=O)Nc1c(C)cc(C)cc1C. The number of aryl methyl sites for hydroxylation is 3. The summed E-state index contributed by atoms with van der Waals surface area (Å²) in [6, 6.07) is 8.81. The number of carbonyl (C=O) groups excluding carboxylic acids is 2. The van der Waals surface area contributed by atoms with Crippen molar-refractivity contribution >= 4 is 28.9 Å². The largest absolute Gasteiger partial charge is 0.495 e. The Morgan fingerprint density at radius 2 is 1.63 bits per heavy atom. The standard InChI is InChI=1S/C21H27N3O3/c1-12-9-13(2)20(14(3)10-12)24-21(26)15(4)22-18-11-17(23-16(5)25)7-8-19(18)27-6/h7-11,15,22H,1-6H3,(H,23,25)(H,24,26)/t15-/m0/s1. The highest BCUT2D eigenvalue weighted by molar-refractivity contribution is 5.98. The minimum absolute atomic E-state index is 0.156. The van der Waals surface area contributed by atoms with Crippen LogP contribution >= 0.6 is 0 Å². The highest BCUT2D eigenvalue weighted by Crippen LogP contribution is 2.29. The lowest BCUT2D eigenvalue weighted by atomic mass is 10.0. The monoisotopic (exact) mass is 369 g/mol. The first-order valence-corrected chi connectivity index (χ1v) is 8.82. The van der Waals surface area contributed by atoms with Crippen molar-refractivity contribution in [2.45, 2.75) is 40.7 Å². The zero-order valence-corrected chi connectivity index (χ0v) is 16.7. The van der Waals surface area contributed by atoms with Gasteiger partial charge in [-0.2, -0.15) is 0 Å². The number of amides is 2. The van der Waals surface area contributed by atoms with Gasteiger partial charge in [-0.25, -0.2) is 0 Å².